The van der Waals surface area contributed by atoms with Crippen LogP contribution in [-0.2, 0) is 0 Å². The smallest absolute Gasteiger partial charge is 0.0453 e. The standard InChI is InChI=1S/C11H14ClNS/c1-8(2)5-6-14-11-7-9(12)3-4-10(11)13/h3-5,7H,6,13H2,1-2H3. The van der Waals surface area contributed by atoms with Gasteiger partial charge in [-0.1, -0.05) is 23.3 Å². The summed E-state index contributed by atoms with van der Waals surface area (Å²) in [4.78, 5) is 1.05. The molecule has 0 radical (unpaired) electrons. The van der Waals surface area contributed by atoms with Crippen molar-refractivity contribution in [1.29, 1.82) is 0 Å². The highest BCUT2D eigenvalue weighted by molar-refractivity contribution is 7.99. The van der Waals surface area contributed by atoms with Gasteiger partial charge < -0.3 is 5.73 Å². The number of thioether (sulfide) groups is 1. The van der Waals surface area contributed by atoms with Crippen molar-refractivity contribution in [1.82, 2.24) is 0 Å². The van der Waals surface area contributed by atoms with Gasteiger partial charge >= 0.3 is 0 Å². The van der Waals surface area contributed by atoms with Gasteiger partial charge in [-0.3, -0.25) is 0 Å². The SMILES string of the molecule is CC(C)=CCSc1cc(Cl)ccc1N. The molecule has 0 heterocycles. The van der Waals surface area contributed by atoms with Crippen molar-refractivity contribution in [2.45, 2.75) is 18.7 Å². The van der Waals surface area contributed by atoms with Gasteiger partial charge in [-0.05, 0) is 32.0 Å². The summed E-state index contributed by atoms with van der Waals surface area (Å²) in [6.07, 6.45) is 2.17. The number of nitrogen functional groups attached to an aromatic ring is 1. The Morgan fingerprint density at radius 2 is 2.21 bits per heavy atom. The molecule has 14 heavy (non-hydrogen) atoms. The van der Waals surface area contributed by atoms with E-state index < -0.39 is 0 Å². The molecule has 0 amide bonds. The number of rotatable bonds is 3. The number of benzene rings is 1. The first-order chi connectivity index (χ1) is 6.59. The molecule has 0 saturated carbocycles. The molecule has 1 rings (SSSR count). The molecular weight excluding hydrogens is 214 g/mol. The molecule has 0 bridgehead atoms. The number of hydrogen-bond donors (Lipinski definition) is 1. The fourth-order valence-electron chi connectivity index (χ4n) is 0.931. The van der Waals surface area contributed by atoms with Crippen LogP contribution in [0.5, 0.6) is 0 Å². The summed E-state index contributed by atoms with van der Waals surface area (Å²) in [5.74, 6) is 0.937. The van der Waals surface area contributed by atoms with Gasteiger partial charge in [-0.2, -0.15) is 0 Å². The van der Waals surface area contributed by atoms with E-state index >= 15 is 0 Å². The van der Waals surface area contributed by atoms with Gasteiger partial charge in [0.15, 0.2) is 0 Å². The average molecular weight is 228 g/mol. The van der Waals surface area contributed by atoms with Gasteiger partial charge in [0.2, 0.25) is 0 Å². The third-order valence-electron chi connectivity index (χ3n) is 1.71. The summed E-state index contributed by atoms with van der Waals surface area (Å²) in [6, 6.07) is 5.55. The maximum absolute atomic E-state index is 5.87. The lowest BCUT2D eigenvalue weighted by Crippen LogP contribution is -1.88. The molecule has 0 saturated heterocycles. The van der Waals surface area contributed by atoms with Crippen LogP contribution in [0.4, 0.5) is 5.69 Å². The van der Waals surface area contributed by atoms with Crippen LogP contribution in [0, 0.1) is 0 Å². The number of hydrogen-bond acceptors (Lipinski definition) is 2. The highest BCUT2D eigenvalue weighted by Gasteiger charge is 1.99. The Morgan fingerprint density at radius 3 is 2.86 bits per heavy atom. The minimum atomic E-state index is 0.735. The first kappa shape index (κ1) is 11.5. The van der Waals surface area contributed by atoms with Crippen LogP contribution in [0.3, 0.4) is 0 Å². The first-order valence-corrected chi connectivity index (χ1v) is 5.77. The van der Waals surface area contributed by atoms with E-state index in [0.29, 0.717) is 0 Å². The summed E-state index contributed by atoms with van der Waals surface area (Å²) in [5, 5.41) is 0.735. The zero-order valence-corrected chi connectivity index (χ0v) is 9.95. The summed E-state index contributed by atoms with van der Waals surface area (Å²) < 4.78 is 0. The van der Waals surface area contributed by atoms with Gasteiger partial charge in [-0.25, -0.2) is 0 Å². The van der Waals surface area contributed by atoms with E-state index in [9.17, 15) is 0 Å². The van der Waals surface area contributed by atoms with Crippen molar-refractivity contribution in [3.63, 3.8) is 0 Å². The largest absolute Gasteiger partial charge is 0.398 e. The molecule has 0 aliphatic heterocycles. The monoisotopic (exact) mass is 227 g/mol. The summed E-state index contributed by atoms with van der Waals surface area (Å²) in [6.45, 7) is 4.17. The van der Waals surface area contributed by atoms with Gasteiger partial charge in [0.25, 0.3) is 0 Å². The number of anilines is 1. The molecule has 0 aliphatic carbocycles. The average Bonchev–Trinajstić information content (AvgIpc) is 2.10. The Bertz CT molecular complexity index is 343. The van der Waals surface area contributed by atoms with E-state index in [1.165, 1.54) is 5.57 Å². The zero-order chi connectivity index (χ0) is 10.6. The fourth-order valence-corrected chi connectivity index (χ4v) is 2.21. The van der Waals surface area contributed by atoms with Crippen molar-refractivity contribution in [3.05, 3.63) is 34.9 Å². The van der Waals surface area contributed by atoms with Crippen molar-refractivity contribution in [2.24, 2.45) is 0 Å². The maximum atomic E-state index is 5.87. The minimum Gasteiger partial charge on any atom is -0.398 e. The number of allylic oxidation sites excluding steroid dienone is 1. The molecule has 0 unspecified atom stereocenters. The van der Waals surface area contributed by atoms with Gasteiger partial charge in [0.05, 0.1) is 0 Å². The molecule has 0 atom stereocenters. The molecule has 1 nitrogen and oxygen atoms in total. The third-order valence-corrected chi connectivity index (χ3v) is 2.94. The van der Waals surface area contributed by atoms with Crippen LogP contribution in [0.25, 0.3) is 0 Å². The molecule has 0 aliphatic rings. The van der Waals surface area contributed by atoms with Crippen LogP contribution in [0.15, 0.2) is 34.7 Å². The van der Waals surface area contributed by atoms with Crippen LogP contribution in [0.2, 0.25) is 5.02 Å². The summed E-state index contributed by atoms with van der Waals surface area (Å²) in [7, 11) is 0. The Balaban J connectivity index is 2.67. The molecule has 76 valence electrons. The van der Waals surface area contributed by atoms with E-state index in [4.69, 9.17) is 17.3 Å². The van der Waals surface area contributed by atoms with Crippen molar-refractivity contribution in [2.75, 3.05) is 11.5 Å². The first-order valence-electron chi connectivity index (χ1n) is 4.41. The highest BCUT2D eigenvalue weighted by Crippen LogP contribution is 2.28. The van der Waals surface area contributed by atoms with Gasteiger partial charge in [-0.15, -0.1) is 11.8 Å². The fraction of sp³-hybridized carbons (Fsp3) is 0.273. The van der Waals surface area contributed by atoms with E-state index in [0.717, 1.165) is 21.4 Å². The second kappa shape index (κ2) is 5.32. The lowest BCUT2D eigenvalue weighted by atomic mass is 10.3. The van der Waals surface area contributed by atoms with Crippen LogP contribution < -0.4 is 5.73 Å². The normalized spacial score (nSPS) is 9.93. The Kier molecular flexibility index (Phi) is 4.36. The summed E-state index contributed by atoms with van der Waals surface area (Å²) >= 11 is 7.58. The Hall–Kier alpha value is -0.600. The molecule has 0 aromatic heterocycles. The van der Waals surface area contributed by atoms with E-state index in [2.05, 4.69) is 19.9 Å². The molecule has 1 aromatic rings. The predicted octanol–water partition coefficient (Wildman–Crippen LogP) is 3.98. The third kappa shape index (κ3) is 3.64. The quantitative estimate of drug-likeness (QED) is 0.480. The van der Waals surface area contributed by atoms with Crippen LogP contribution in [-0.4, -0.2) is 5.75 Å². The lowest BCUT2D eigenvalue weighted by molar-refractivity contribution is 1.36. The minimum absolute atomic E-state index is 0.735. The van der Waals surface area contributed by atoms with Gasteiger partial charge in [0.1, 0.15) is 0 Å². The molecule has 0 fully saturated rings. The topological polar surface area (TPSA) is 26.0 Å². The van der Waals surface area contributed by atoms with Crippen molar-refractivity contribution in [3.8, 4) is 0 Å². The second-order valence-corrected chi connectivity index (χ2v) is 4.77. The van der Waals surface area contributed by atoms with Crippen LogP contribution in [0.1, 0.15) is 13.8 Å². The zero-order valence-electron chi connectivity index (χ0n) is 8.38. The molecule has 3 heteroatoms. The summed E-state index contributed by atoms with van der Waals surface area (Å²) in [5.41, 5.74) is 7.92. The maximum Gasteiger partial charge on any atom is 0.0453 e. The Labute approximate surface area is 94.3 Å². The van der Waals surface area contributed by atoms with E-state index in [1.54, 1.807) is 11.8 Å². The lowest BCUT2D eigenvalue weighted by Gasteiger charge is -2.03. The van der Waals surface area contributed by atoms with Crippen molar-refractivity contribution >= 4 is 29.1 Å². The number of halogens is 1. The van der Waals surface area contributed by atoms with Gasteiger partial charge in [0, 0.05) is 21.4 Å². The molecule has 1 aromatic carbocycles. The molecular formula is C11H14ClNS. The van der Waals surface area contributed by atoms with E-state index in [1.807, 2.05) is 18.2 Å². The molecule has 0 spiro atoms. The van der Waals surface area contributed by atoms with Crippen molar-refractivity contribution < 1.29 is 0 Å². The second-order valence-electron chi connectivity index (χ2n) is 3.27. The van der Waals surface area contributed by atoms with E-state index in [-0.39, 0.29) is 0 Å². The molecule has 2 N–H and O–H groups in total. The predicted molar refractivity (Wildman–Crippen MR) is 66.0 cm³/mol. The highest BCUT2D eigenvalue weighted by atomic mass is 35.5. The van der Waals surface area contributed by atoms with Crippen LogP contribution >= 0.6 is 23.4 Å². The Morgan fingerprint density at radius 1 is 1.50 bits per heavy atom. The number of nitrogens with two attached hydrogens (primary N) is 1.